The van der Waals surface area contributed by atoms with Crippen LogP contribution in [0, 0.1) is 0 Å². The van der Waals surface area contributed by atoms with Gasteiger partial charge < -0.3 is 24.3 Å². The predicted molar refractivity (Wildman–Crippen MR) is 95.0 cm³/mol. The maximum absolute atomic E-state index is 5.55. The summed E-state index contributed by atoms with van der Waals surface area (Å²) < 4.78 is 21.0. The third kappa shape index (κ3) is 6.48. The SMILES string of the molecule is COCCOc1ccc(CNc2ccc(OCCOC)cc2)cc1. The van der Waals surface area contributed by atoms with Gasteiger partial charge in [-0.1, -0.05) is 12.1 Å². The Morgan fingerprint density at radius 2 is 1.17 bits per heavy atom. The third-order valence-electron chi connectivity index (χ3n) is 3.39. The third-order valence-corrected chi connectivity index (χ3v) is 3.39. The van der Waals surface area contributed by atoms with Crippen molar-refractivity contribution < 1.29 is 18.9 Å². The van der Waals surface area contributed by atoms with E-state index in [0.29, 0.717) is 26.4 Å². The van der Waals surface area contributed by atoms with Crippen LogP contribution in [0.2, 0.25) is 0 Å². The molecule has 5 nitrogen and oxygen atoms in total. The Hall–Kier alpha value is -2.24. The summed E-state index contributed by atoms with van der Waals surface area (Å²) in [7, 11) is 3.32. The molecule has 0 saturated heterocycles. The molecule has 0 heterocycles. The fourth-order valence-electron chi connectivity index (χ4n) is 2.06. The normalized spacial score (nSPS) is 10.4. The minimum absolute atomic E-state index is 0.558. The molecule has 2 rings (SSSR count). The molecule has 0 aliphatic heterocycles. The van der Waals surface area contributed by atoms with E-state index >= 15 is 0 Å². The van der Waals surface area contributed by atoms with Crippen LogP contribution in [0.5, 0.6) is 11.5 Å². The van der Waals surface area contributed by atoms with Crippen molar-refractivity contribution >= 4 is 5.69 Å². The highest BCUT2D eigenvalue weighted by atomic mass is 16.5. The lowest BCUT2D eigenvalue weighted by molar-refractivity contribution is 0.146. The minimum atomic E-state index is 0.558. The van der Waals surface area contributed by atoms with Gasteiger partial charge in [0.2, 0.25) is 0 Å². The first kappa shape index (κ1) is 18.1. The quantitative estimate of drug-likeness (QED) is 0.640. The van der Waals surface area contributed by atoms with Crippen molar-refractivity contribution in [3.63, 3.8) is 0 Å². The first-order valence-electron chi connectivity index (χ1n) is 7.98. The van der Waals surface area contributed by atoms with E-state index in [4.69, 9.17) is 18.9 Å². The molecular weight excluding hydrogens is 306 g/mol. The fourth-order valence-corrected chi connectivity index (χ4v) is 2.06. The van der Waals surface area contributed by atoms with Crippen LogP contribution in [0.3, 0.4) is 0 Å². The molecule has 5 heteroatoms. The average molecular weight is 331 g/mol. The Bertz CT molecular complexity index is 515. The van der Waals surface area contributed by atoms with Crippen LogP contribution in [0.15, 0.2) is 48.5 Å². The predicted octanol–water partition coefficient (Wildman–Crippen LogP) is 3.35. The van der Waals surface area contributed by atoms with E-state index < -0.39 is 0 Å². The summed E-state index contributed by atoms with van der Waals surface area (Å²) in [5.41, 5.74) is 2.24. The molecule has 0 atom stereocenters. The van der Waals surface area contributed by atoms with Gasteiger partial charge in [-0.25, -0.2) is 0 Å². The lowest BCUT2D eigenvalue weighted by atomic mass is 10.2. The number of ether oxygens (including phenoxy) is 4. The van der Waals surface area contributed by atoms with Crippen molar-refractivity contribution in [2.45, 2.75) is 6.54 Å². The summed E-state index contributed by atoms with van der Waals surface area (Å²) in [6.45, 7) is 3.05. The van der Waals surface area contributed by atoms with Crippen LogP contribution >= 0.6 is 0 Å². The minimum Gasteiger partial charge on any atom is -0.491 e. The molecule has 0 bridgehead atoms. The largest absolute Gasteiger partial charge is 0.491 e. The Kier molecular flexibility index (Phi) is 7.93. The van der Waals surface area contributed by atoms with Gasteiger partial charge in [-0.15, -0.1) is 0 Å². The van der Waals surface area contributed by atoms with Gasteiger partial charge in [0, 0.05) is 26.5 Å². The van der Waals surface area contributed by atoms with Crippen molar-refractivity contribution in [2.75, 3.05) is 46.0 Å². The number of methoxy groups -OCH3 is 2. The van der Waals surface area contributed by atoms with Crippen molar-refractivity contribution in [3.8, 4) is 11.5 Å². The highest BCUT2D eigenvalue weighted by Crippen LogP contribution is 2.17. The summed E-state index contributed by atoms with van der Waals surface area (Å²) >= 11 is 0. The van der Waals surface area contributed by atoms with E-state index in [0.717, 1.165) is 23.7 Å². The topological polar surface area (TPSA) is 49.0 Å². The Morgan fingerprint density at radius 1 is 0.667 bits per heavy atom. The Balaban J connectivity index is 1.76. The summed E-state index contributed by atoms with van der Waals surface area (Å²) in [4.78, 5) is 0. The van der Waals surface area contributed by atoms with Crippen molar-refractivity contribution in [2.24, 2.45) is 0 Å². The van der Waals surface area contributed by atoms with Crippen molar-refractivity contribution in [1.82, 2.24) is 0 Å². The molecule has 0 amide bonds. The number of benzene rings is 2. The maximum Gasteiger partial charge on any atom is 0.119 e. The highest BCUT2D eigenvalue weighted by Gasteiger charge is 1.98. The molecule has 2 aromatic carbocycles. The van der Waals surface area contributed by atoms with Crippen molar-refractivity contribution in [1.29, 1.82) is 0 Å². The molecular formula is C19H25NO4. The second-order valence-electron chi connectivity index (χ2n) is 5.20. The number of hydrogen-bond donors (Lipinski definition) is 1. The Labute approximate surface area is 143 Å². The lowest BCUT2D eigenvalue weighted by Crippen LogP contribution is -2.05. The second-order valence-corrected chi connectivity index (χ2v) is 5.20. The molecule has 2 aromatic rings. The zero-order valence-corrected chi connectivity index (χ0v) is 14.3. The number of hydrogen-bond acceptors (Lipinski definition) is 5. The van der Waals surface area contributed by atoms with E-state index in [2.05, 4.69) is 17.4 Å². The smallest absolute Gasteiger partial charge is 0.119 e. The van der Waals surface area contributed by atoms with Gasteiger partial charge in [0.15, 0.2) is 0 Å². The monoisotopic (exact) mass is 331 g/mol. The van der Waals surface area contributed by atoms with Crippen LogP contribution < -0.4 is 14.8 Å². The van der Waals surface area contributed by atoms with E-state index in [1.54, 1.807) is 14.2 Å². The zero-order chi connectivity index (χ0) is 17.0. The van der Waals surface area contributed by atoms with Crippen LogP contribution in [-0.4, -0.2) is 40.6 Å². The van der Waals surface area contributed by atoms with E-state index in [-0.39, 0.29) is 0 Å². The van der Waals surface area contributed by atoms with E-state index in [9.17, 15) is 0 Å². The first-order valence-corrected chi connectivity index (χ1v) is 7.98. The molecule has 0 spiro atoms. The zero-order valence-electron chi connectivity index (χ0n) is 14.3. The molecule has 1 N–H and O–H groups in total. The van der Waals surface area contributed by atoms with Gasteiger partial charge in [-0.3, -0.25) is 0 Å². The van der Waals surface area contributed by atoms with Crippen LogP contribution in [-0.2, 0) is 16.0 Å². The average Bonchev–Trinajstić information content (AvgIpc) is 2.63. The molecule has 0 radical (unpaired) electrons. The molecule has 130 valence electrons. The molecule has 0 aliphatic carbocycles. The van der Waals surface area contributed by atoms with Gasteiger partial charge in [-0.2, -0.15) is 0 Å². The number of anilines is 1. The molecule has 0 unspecified atom stereocenters. The summed E-state index contributed by atoms with van der Waals surface area (Å²) in [6, 6.07) is 16.0. The Morgan fingerprint density at radius 3 is 1.67 bits per heavy atom. The second kappa shape index (κ2) is 10.5. The standard InChI is InChI=1S/C19H25NO4/c1-21-11-13-23-18-7-3-16(4-8-18)15-20-17-5-9-19(10-6-17)24-14-12-22-2/h3-10,20H,11-15H2,1-2H3. The van der Waals surface area contributed by atoms with Gasteiger partial charge >= 0.3 is 0 Å². The molecule has 0 aliphatic rings. The van der Waals surface area contributed by atoms with Gasteiger partial charge in [0.1, 0.15) is 24.7 Å². The number of nitrogens with one attached hydrogen (secondary N) is 1. The lowest BCUT2D eigenvalue weighted by Gasteiger charge is -2.10. The van der Waals surface area contributed by atoms with E-state index in [1.807, 2.05) is 36.4 Å². The first-order chi connectivity index (χ1) is 11.8. The van der Waals surface area contributed by atoms with E-state index in [1.165, 1.54) is 5.56 Å². The van der Waals surface area contributed by atoms with Gasteiger partial charge in [0.25, 0.3) is 0 Å². The molecule has 0 fully saturated rings. The molecule has 24 heavy (non-hydrogen) atoms. The van der Waals surface area contributed by atoms with Gasteiger partial charge in [-0.05, 0) is 42.0 Å². The van der Waals surface area contributed by atoms with Crippen LogP contribution in [0.1, 0.15) is 5.56 Å². The highest BCUT2D eigenvalue weighted by molar-refractivity contribution is 5.47. The summed E-state index contributed by atoms with van der Waals surface area (Å²) in [5, 5.41) is 3.39. The molecule has 0 saturated carbocycles. The van der Waals surface area contributed by atoms with Crippen LogP contribution in [0.4, 0.5) is 5.69 Å². The molecule has 0 aromatic heterocycles. The summed E-state index contributed by atoms with van der Waals surface area (Å²) in [6.07, 6.45) is 0. The number of rotatable bonds is 11. The van der Waals surface area contributed by atoms with Crippen molar-refractivity contribution in [3.05, 3.63) is 54.1 Å². The fraction of sp³-hybridized carbons (Fsp3) is 0.368. The van der Waals surface area contributed by atoms with Crippen LogP contribution in [0.25, 0.3) is 0 Å². The summed E-state index contributed by atoms with van der Waals surface area (Å²) in [5.74, 6) is 1.70. The maximum atomic E-state index is 5.55. The van der Waals surface area contributed by atoms with Gasteiger partial charge in [0.05, 0.1) is 13.2 Å².